The zero-order valence-electron chi connectivity index (χ0n) is 13.5. The third-order valence-electron chi connectivity index (χ3n) is 4.06. The second-order valence-electron chi connectivity index (χ2n) is 5.81. The summed E-state index contributed by atoms with van der Waals surface area (Å²) in [6.07, 6.45) is 1.48. The molecule has 3 amide bonds. The van der Waals surface area contributed by atoms with Crippen LogP contribution >= 0.6 is 0 Å². The van der Waals surface area contributed by atoms with Gasteiger partial charge in [-0.1, -0.05) is 6.07 Å². The van der Waals surface area contributed by atoms with E-state index in [1.807, 2.05) is 0 Å². The summed E-state index contributed by atoms with van der Waals surface area (Å²) in [4.78, 5) is 30.0. The lowest BCUT2D eigenvalue weighted by atomic mass is 9.92. The lowest BCUT2D eigenvalue weighted by molar-refractivity contribution is -0.131. The van der Waals surface area contributed by atoms with Crippen molar-refractivity contribution in [3.05, 3.63) is 59.3 Å². The Hall–Kier alpha value is -3.03. The first-order valence-electron chi connectivity index (χ1n) is 7.43. The molecule has 130 valence electrons. The van der Waals surface area contributed by atoms with Gasteiger partial charge < -0.3 is 10.1 Å². The molecule has 0 saturated carbocycles. The van der Waals surface area contributed by atoms with Crippen molar-refractivity contribution < 1.29 is 23.1 Å². The zero-order chi connectivity index (χ0) is 18.2. The molecule has 0 bridgehead atoms. The predicted octanol–water partition coefficient (Wildman–Crippen LogP) is 2.34. The summed E-state index contributed by atoms with van der Waals surface area (Å²) in [6, 6.07) is 5.39. The minimum Gasteiger partial charge on any atom is -0.481 e. The van der Waals surface area contributed by atoms with Crippen LogP contribution in [0.15, 0.2) is 36.5 Å². The Labute approximate surface area is 142 Å². The number of nitrogens with zero attached hydrogens (tertiary/aromatic N) is 2. The van der Waals surface area contributed by atoms with Crippen molar-refractivity contribution in [1.29, 1.82) is 0 Å². The number of rotatable bonds is 4. The van der Waals surface area contributed by atoms with Crippen LogP contribution in [0.25, 0.3) is 0 Å². The first kappa shape index (κ1) is 16.8. The van der Waals surface area contributed by atoms with E-state index in [0.29, 0.717) is 17.5 Å². The highest BCUT2D eigenvalue weighted by atomic mass is 19.1. The van der Waals surface area contributed by atoms with E-state index in [1.165, 1.54) is 20.2 Å². The van der Waals surface area contributed by atoms with Gasteiger partial charge in [0.2, 0.25) is 5.88 Å². The molecule has 1 aromatic carbocycles. The van der Waals surface area contributed by atoms with Gasteiger partial charge in [-0.15, -0.1) is 0 Å². The molecule has 1 atom stereocenters. The summed E-state index contributed by atoms with van der Waals surface area (Å²) < 4.78 is 31.9. The molecule has 1 saturated heterocycles. The predicted molar refractivity (Wildman–Crippen MR) is 83.6 cm³/mol. The number of amides is 3. The van der Waals surface area contributed by atoms with Crippen LogP contribution in [0.1, 0.15) is 18.1 Å². The molecule has 6 nitrogen and oxygen atoms in total. The van der Waals surface area contributed by atoms with Crippen molar-refractivity contribution in [1.82, 2.24) is 15.2 Å². The van der Waals surface area contributed by atoms with Crippen molar-refractivity contribution in [3.8, 4) is 5.88 Å². The SMILES string of the molecule is COc1ccc(CN2C(=O)N[C@](C)(c3cc(F)cc(F)c3)C2=O)cn1. The fraction of sp³-hybridized carbons (Fsp3) is 0.235. The van der Waals surface area contributed by atoms with Crippen LogP contribution in [0.4, 0.5) is 13.6 Å². The van der Waals surface area contributed by atoms with E-state index < -0.39 is 29.1 Å². The van der Waals surface area contributed by atoms with Gasteiger partial charge in [0, 0.05) is 18.3 Å². The Balaban J connectivity index is 1.88. The number of carbonyl (C=O) groups is 2. The summed E-state index contributed by atoms with van der Waals surface area (Å²) in [7, 11) is 1.48. The summed E-state index contributed by atoms with van der Waals surface area (Å²) in [5.74, 6) is -1.84. The Morgan fingerprint density at radius 3 is 2.44 bits per heavy atom. The van der Waals surface area contributed by atoms with E-state index in [1.54, 1.807) is 12.1 Å². The van der Waals surface area contributed by atoms with Crippen molar-refractivity contribution in [2.24, 2.45) is 0 Å². The first-order valence-corrected chi connectivity index (χ1v) is 7.43. The van der Waals surface area contributed by atoms with Crippen molar-refractivity contribution in [2.75, 3.05) is 7.11 Å². The Bertz CT molecular complexity index is 821. The maximum absolute atomic E-state index is 13.5. The van der Waals surface area contributed by atoms with Crippen molar-refractivity contribution >= 4 is 11.9 Å². The number of nitrogens with one attached hydrogen (secondary N) is 1. The Morgan fingerprint density at radius 2 is 1.88 bits per heavy atom. The lowest BCUT2D eigenvalue weighted by Gasteiger charge is -2.22. The van der Waals surface area contributed by atoms with Crippen LogP contribution in [-0.4, -0.2) is 28.9 Å². The number of carbonyl (C=O) groups excluding carboxylic acids is 2. The van der Waals surface area contributed by atoms with Gasteiger partial charge in [-0.05, 0) is 30.2 Å². The largest absolute Gasteiger partial charge is 0.481 e. The number of pyridine rings is 1. The molecule has 25 heavy (non-hydrogen) atoms. The average molecular weight is 347 g/mol. The number of benzene rings is 1. The molecule has 0 spiro atoms. The summed E-state index contributed by atoms with van der Waals surface area (Å²) in [5, 5.41) is 2.50. The number of urea groups is 1. The maximum Gasteiger partial charge on any atom is 0.325 e. The number of hydrogen-bond donors (Lipinski definition) is 1. The summed E-state index contributed by atoms with van der Waals surface area (Å²) in [5.41, 5.74) is -0.891. The van der Waals surface area contributed by atoms with E-state index in [4.69, 9.17) is 4.74 Å². The number of ether oxygens (including phenoxy) is 1. The highest BCUT2D eigenvalue weighted by Gasteiger charge is 2.49. The molecule has 1 aromatic heterocycles. The third kappa shape index (κ3) is 3.02. The fourth-order valence-electron chi connectivity index (χ4n) is 2.69. The molecule has 1 aliphatic rings. The minimum absolute atomic E-state index is 0.0188. The second kappa shape index (κ2) is 6.12. The van der Waals surface area contributed by atoms with Crippen LogP contribution in [0.5, 0.6) is 5.88 Å². The van der Waals surface area contributed by atoms with Gasteiger partial charge in [0.15, 0.2) is 0 Å². The minimum atomic E-state index is -1.54. The molecule has 1 N–H and O–H groups in total. The first-order chi connectivity index (χ1) is 11.8. The molecule has 8 heteroatoms. The smallest absolute Gasteiger partial charge is 0.325 e. The molecule has 3 rings (SSSR count). The monoisotopic (exact) mass is 347 g/mol. The van der Waals surface area contributed by atoms with E-state index in [-0.39, 0.29) is 12.1 Å². The number of methoxy groups -OCH3 is 1. The Kier molecular flexibility index (Phi) is 4.12. The number of aromatic nitrogens is 1. The standard InChI is InChI=1S/C17H15F2N3O3/c1-17(11-5-12(18)7-13(19)6-11)15(23)22(16(24)21-17)9-10-3-4-14(25-2)20-8-10/h3-8H,9H2,1-2H3,(H,21,24)/t17-/m1/s1. The third-order valence-corrected chi connectivity index (χ3v) is 4.06. The molecule has 0 unspecified atom stereocenters. The lowest BCUT2D eigenvalue weighted by Crippen LogP contribution is -2.41. The second-order valence-corrected chi connectivity index (χ2v) is 5.81. The van der Waals surface area contributed by atoms with E-state index in [9.17, 15) is 18.4 Å². The van der Waals surface area contributed by atoms with Gasteiger partial charge >= 0.3 is 6.03 Å². The van der Waals surface area contributed by atoms with Crippen LogP contribution in [-0.2, 0) is 16.9 Å². The highest BCUT2D eigenvalue weighted by molar-refractivity contribution is 6.07. The maximum atomic E-state index is 13.5. The number of halogens is 2. The molecular weight excluding hydrogens is 332 g/mol. The molecular formula is C17H15F2N3O3. The quantitative estimate of drug-likeness (QED) is 0.862. The van der Waals surface area contributed by atoms with E-state index >= 15 is 0 Å². The molecule has 1 aliphatic heterocycles. The normalized spacial score (nSPS) is 19.9. The molecule has 0 radical (unpaired) electrons. The van der Waals surface area contributed by atoms with Gasteiger partial charge in [0.1, 0.15) is 17.2 Å². The van der Waals surface area contributed by atoms with Crippen LogP contribution in [0.3, 0.4) is 0 Å². The van der Waals surface area contributed by atoms with Gasteiger partial charge in [-0.3, -0.25) is 9.69 Å². The number of hydrogen-bond acceptors (Lipinski definition) is 4. The van der Waals surface area contributed by atoms with Crippen LogP contribution in [0, 0.1) is 11.6 Å². The average Bonchev–Trinajstić information content (AvgIpc) is 2.79. The van der Waals surface area contributed by atoms with Gasteiger partial charge in [-0.2, -0.15) is 0 Å². The van der Waals surface area contributed by atoms with Crippen LogP contribution < -0.4 is 10.1 Å². The van der Waals surface area contributed by atoms with Crippen molar-refractivity contribution in [3.63, 3.8) is 0 Å². The van der Waals surface area contributed by atoms with Gasteiger partial charge in [-0.25, -0.2) is 18.6 Å². The highest BCUT2D eigenvalue weighted by Crippen LogP contribution is 2.30. The van der Waals surface area contributed by atoms with Crippen molar-refractivity contribution in [2.45, 2.75) is 19.0 Å². The summed E-state index contributed by atoms with van der Waals surface area (Å²) in [6.45, 7) is 1.39. The molecule has 2 aromatic rings. The van der Waals surface area contributed by atoms with Crippen LogP contribution in [0.2, 0.25) is 0 Å². The van der Waals surface area contributed by atoms with Gasteiger partial charge in [0.25, 0.3) is 5.91 Å². The topological polar surface area (TPSA) is 71.5 Å². The fourth-order valence-corrected chi connectivity index (χ4v) is 2.69. The molecule has 1 fully saturated rings. The van der Waals surface area contributed by atoms with E-state index in [2.05, 4.69) is 10.3 Å². The molecule has 2 heterocycles. The molecule has 0 aliphatic carbocycles. The Morgan fingerprint density at radius 1 is 1.20 bits per heavy atom. The van der Waals surface area contributed by atoms with Gasteiger partial charge in [0.05, 0.1) is 13.7 Å². The van der Waals surface area contributed by atoms with E-state index in [0.717, 1.165) is 17.0 Å². The summed E-state index contributed by atoms with van der Waals surface area (Å²) >= 11 is 0. The zero-order valence-corrected chi connectivity index (χ0v) is 13.5. The number of imide groups is 1.